The summed E-state index contributed by atoms with van der Waals surface area (Å²) in [5.41, 5.74) is 9.35. The van der Waals surface area contributed by atoms with Gasteiger partial charge in [0.2, 0.25) is 0 Å². The number of aromatic nitrogens is 7. The van der Waals surface area contributed by atoms with Gasteiger partial charge in [-0.25, -0.2) is 0 Å². The van der Waals surface area contributed by atoms with E-state index >= 15 is 0 Å². The molecule has 1 saturated heterocycles. The predicted molar refractivity (Wildman–Crippen MR) is 127 cm³/mol. The first-order valence-electron chi connectivity index (χ1n) is 12.1. The lowest BCUT2D eigenvalue weighted by Crippen LogP contribution is -2.28. The molecule has 0 radical (unpaired) electrons. The maximum absolute atomic E-state index is 5.72. The molecule has 2 fully saturated rings. The topological polar surface area (TPSA) is 131 Å². The normalized spacial score (nSPS) is 18.5. The van der Waals surface area contributed by atoms with E-state index in [1.54, 1.807) is 18.6 Å². The van der Waals surface area contributed by atoms with Gasteiger partial charge in [0.1, 0.15) is 5.69 Å². The number of rotatable bonds is 7. The Morgan fingerprint density at radius 1 is 1.00 bits per heavy atom. The number of hydrogen-bond donors (Lipinski definition) is 1. The van der Waals surface area contributed by atoms with Crippen molar-refractivity contribution in [2.75, 3.05) is 13.2 Å². The molecule has 1 saturated carbocycles. The average molecular weight is 473 g/mol. The zero-order valence-electron chi connectivity index (χ0n) is 19.7. The zero-order valence-corrected chi connectivity index (χ0v) is 19.7. The van der Waals surface area contributed by atoms with Crippen LogP contribution < -0.4 is 5.73 Å². The van der Waals surface area contributed by atoms with Gasteiger partial charge in [-0.05, 0) is 50.2 Å². The van der Waals surface area contributed by atoms with Crippen molar-refractivity contribution in [1.82, 2.24) is 34.9 Å². The van der Waals surface area contributed by atoms with E-state index in [4.69, 9.17) is 20.0 Å². The van der Waals surface area contributed by atoms with Crippen LogP contribution in [-0.2, 0) is 16.7 Å². The van der Waals surface area contributed by atoms with Gasteiger partial charge in [-0.1, -0.05) is 11.2 Å². The number of ether oxygens (including phenoxy) is 1. The molecule has 1 atom stereocenters. The van der Waals surface area contributed by atoms with E-state index in [1.807, 2.05) is 23.1 Å². The molecule has 1 aliphatic heterocycles. The second-order valence-electron chi connectivity index (χ2n) is 9.48. The Hall–Kier alpha value is -3.50. The Labute approximate surface area is 203 Å². The summed E-state index contributed by atoms with van der Waals surface area (Å²) < 4.78 is 13.2. The molecule has 0 bridgehead atoms. The maximum Gasteiger partial charge on any atom is 0.261 e. The first kappa shape index (κ1) is 22.0. The molecule has 10 heteroatoms. The molecule has 1 aliphatic carbocycles. The molecule has 0 amide bonds. The van der Waals surface area contributed by atoms with Gasteiger partial charge in [0, 0.05) is 32.2 Å². The first-order chi connectivity index (χ1) is 17.1. The van der Waals surface area contributed by atoms with E-state index in [2.05, 4.69) is 38.2 Å². The molecule has 10 nitrogen and oxygen atoms in total. The molecule has 6 rings (SSSR count). The Kier molecular flexibility index (Phi) is 5.62. The monoisotopic (exact) mass is 472 g/mol. The minimum atomic E-state index is -0.390. The predicted octanol–water partition coefficient (Wildman–Crippen LogP) is 3.31. The Morgan fingerprint density at radius 2 is 1.83 bits per heavy atom. The molecular weight excluding hydrogens is 444 g/mol. The highest BCUT2D eigenvalue weighted by atomic mass is 16.5. The Morgan fingerprint density at radius 3 is 2.51 bits per heavy atom. The summed E-state index contributed by atoms with van der Waals surface area (Å²) in [6.07, 6.45) is 13.2. The van der Waals surface area contributed by atoms with Crippen molar-refractivity contribution in [1.29, 1.82) is 0 Å². The van der Waals surface area contributed by atoms with Gasteiger partial charge in [0.15, 0.2) is 5.82 Å². The van der Waals surface area contributed by atoms with Crippen LogP contribution in [0.1, 0.15) is 55.7 Å². The van der Waals surface area contributed by atoms with Crippen LogP contribution in [0.4, 0.5) is 0 Å². The molecule has 35 heavy (non-hydrogen) atoms. The summed E-state index contributed by atoms with van der Waals surface area (Å²) in [5.74, 6) is 1.61. The molecule has 2 N–H and O–H groups in total. The van der Waals surface area contributed by atoms with Gasteiger partial charge in [-0.3, -0.25) is 19.6 Å². The zero-order chi connectivity index (χ0) is 23.8. The lowest BCUT2D eigenvalue weighted by molar-refractivity contribution is 0.0662. The van der Waals surface area contributed by atoms with Crippen molar-refractivity contribution in [3.63, 3.8) is 0 Å². The summed E-state index contributed by atoms with van der Waals surface area (Å²) in [4.78, 5) is 18.3. The van der Waals surface area contributed by atoms with Crippen molar-refractivity contribution in [3.8, 4) is 22.8 Å². The van der Waals surface area contributed by atoms with E-state index in [-0.39, 0.29) is 5.41 Å². The number of pyridine rings is 1. The van der Waals surface area contributed by atoms with Crippen molar-refractivity contribution < 1.29 is 9.26 Å². The third kappa shape index (κ3) is 4.12. The van der Waals surface area contributed by atoms with E-state index in [0.717, 1.165) is 61.4 Å². The molecule has 2 aliphatic rings. The number of hydrogen-bond acceptors (Lipinski definition) is 9. The van der Waals surface area contributed by atoms with Crippen LogP contribution in [0.25, 0.3) is 22.8 Å². The summed E-state index contributed by atoms with van der Waals surface area (Å²) in [5, 5.41) is 8.97. The largest absolute Gasteiger partial charge is 0.381 e. The summed E-state index contributed by atoms with van der Waals surface area (Å²) in [7, 11) is 0. The molecule has 5 heterocycles. The van der Waals surface area contributed by atoms with Gasteiger partial charge in [0.05, 0.1) is 47.0 Å². The number of nitrogens with two attached hydrogens (primary N) is 1. The lowest BCUT2D eigenvalue weighted by atomic mass is 9.77. The minimum absolute atomic E-state index is 0.345. The molecule has 4 aromatic heterocycles. The van der Waals surface area contributed by atoms with Crippen LogP contribution in [0.5, 0.6) is 0 Å². The van der Waals surface area contributed by atoms with Gasteiger partial charge in [-0.2, -0.15) is 10.1 Å². The maximum atomic E-state index is 5.72. The quantitative estimate of drug-likeness (QED) is 0.430. The first-order valence-corrected chi connectivity index (χ1v) is 12.1. The Balaban J connectivity index is 1.27. The fourth-order valence-electron chi connectivity index (χ4n) is 4.80. The molecular formula is C25H28N8O2. The summed E-state index contributed by atoms with van der Waals surface area (Å²) in [6.45, 7) is 4.07. The standard InChI is InChI=1S/C25H28N8O2/c1-25(17-2-3-17,18-4-5-21(28-12-18)22-14-27-19(10-26)13-29-22)24-31-23(35-32-24)16-11-30-33(15-16)20-6-8-34-9-7-20/h4-5,11-15,17,20H,2-3,6-10,26H2,1H3/t25-/m1/s1. The minimum Gasteiger partial charge on any atom is -0.381 e. The van der Waals surface area contributed by atoms with Crippen LogP contribution in [0, 0.1) is 5.92 Å². The van der Waals surface area contributed by atoms with E-state index < -0.39 is 0 Å². The van der Waals surface area contributed by atoms with E-state index in [1.165, 1.54) is 0 Å². The van der Waals surface area contributed by atoms with Crippen LogP contribution in [0.15, 0.2) is 47.6 Å². The highest BCUT2D eigenvalue weighted by Gasteiger charge is 2.47. The molecule has 4 aromatic rings. The van der Waals surface area contributed by atoms with Crippen molar-refractivity contribution >= 4 is 0 Å². The van der Waals surface area contributed by atoms with Gasteiger partial charge < -0.3 is 15.0 Å². The fraction of sp³-hybridized carbons (Fsp3) is 0.440. The SMILES string of the molecule is C[C@@](c1ccc(-c2cnc(CN)cn2)nc1)(c1noc(-c2cnn(C3CCOCC3)c2)n1)C1CC1. The molecule has 0 spiro atoms. The molecule has 0 unspecified atom stereocenters. The second-order valence-corrected chi connectivity index (χ2v) is 9.48. The van der Waals surface area contributed by atoms with Crippen LogP contribution in [-0.4, -0.2) is 48.1 Å². The van der Waals surface area contributed by atoms with Crippen LogP contribution in [0.2, 0.25) is 0 Å². The van der Waals surface area contributed by atoms with Crippen LogP contribution in [0.3, 0.4) is 0 Å². The number of nitrogens with zero attached hydrogens (tertiary/aromatic N) is 7. The van der Waals surface area contributed by atoms with E-state index in [0.29, 0.717) is 35.9 Å². The van der Waals surface area contributed by atoms with E-state index in [9.17, 15) is 0 Å². The summed E-state index contributed by atoms with van der Waals surface area (Å²) in [6, 6.07) is 4.40. The molecule has 0 aromatic carbocycles. The van der Waals surface area contributed by atoms with Crippen LogP contribution >= 0.6 is 0 Å². The highest BCUT2D eigenvalue weighted by Crippen LogP contribution is 2.50. The van der Waals surface area contributed by atoms with Crippen molar-refractivity contribution in [3.05, 3.63) is 60.2 Å². The van der Waals surface area contributed by atoms with Gasteiger partial charge in [-0.15, -0.1) is 0 Å². The van der Waals surface area contributed by atoms with Gasteiger partial charge in [0.25, 0.3) is 5.89 Å². The highest BCUT2D eigenvalue weighted by molar-refractivity contribution is 5.54. The van der Waals surface area contributed by atoms with Gasteiger partial charge >= 0.3 is 0 Å². The second kappa shape index (κ2) is 8.94. The molecule has 180 valence electrons. The third-order valence-electron chi connectivity index (χ3n) is 7.24. The lowest BCUT2D eigenvalue weighted by Gasteiger charge is -2.26. The van der Waals surface area contributed by atoms with Crippen molar-refractivity contribution in [2.45, 2.75) is 50.6 Å². The third-order valence-corrected chi connectivity index (χ3v) is 7.24. The van der Waals surface area contributed by atoms with Crippen molar-refractivity contribution in [2.24, 2.45) is 11.7 Å². The average Bonchev–Trinajstić information content (AvgIpc) is 3.45. The fourth-order valence-corrected chi connectivity index (χ4v) is 4.80. The smallest absolute Gasteiger partial charge is 0.261 e. The Bertz CT molecular complexity index is 1290. The summed E-state index contributed by atoms with van der Waals surface area (Å²) >= 11 is 0.